The van der Waals surface area contributed by atoms with Crippen molar-refractivity contribution < 1.29 is 14.0 Å². The van der Waals surface area contributed by atoms with Crippen LogP contribution in [0.15, 0.2) is 40.8 Å². The molecular weight excluding hydrogens is 375 g/mol. The molecule has 1 aromatic carbocycles. The number of carbonyl (C=O) groups excluding carboxylic acids is 2. The zero-order valence-corrected chi connectivity index (χ0v) is 16.1. The Balaban J connectivity index is 2.00. The minimum absolute atomic E-state index is 0.0762. The van der Waals surface area contributed by atoms with Gasteiger partial charge in [-0.15, -0.1) is 0 Å². The van der Waals surface area contributed by atoms with Crippen LogP contribution in [0, 0.1) is 6.92 Å². The van der Waals surface area contributed by atoms with Crippen LogP contribution >= 0.6 is 23.2 Å². The second-order valence-corrected chi connectivity index (χ2v) is 6.56. The van der Waals surface area contributed by atoms with E-state index in [4.69, 9.17) is 27.6 Å². The summed E-state index contributed by atoms with van der Waals surface area (Å²) in [4.78, 5) is 26.1. The maximum Gasteiger partial charge on any atom is 0.247 e. The average molecular weight is 395 g/mol. The molecule has 0 bridgehead atoms. The molecule has 7 heteroatoms. The maximum atomic E-state index is 12.4. The molecule has 0 radical (unpaired) electrons. The highest BCUT2D eigenvalue weighted by atomic mass is 35.5. The van der Waals surface area contributed by atoms with Crippen molar-refractivity contribution in [3.8, 4) is 0 Å². The lowest BCUT2D eigenvalue weighted by Gasteiger charge is -2.20. The van der Waals surface area contributed by atoms with Gasteiger partial charge < -0.3 is 14.6 Å². The van der Waals surface area contributed by atoms with Crippen LogP contribution in [0.4, 0.5) is 5.69 Å². The molecule has 0 aliphatic rings. The van der Waals surface area contributed by atoms with E-state index in [1.165, 1.54) is 11.0 Å². The molecule has 1 aromatic heterocycles. The Labute approximate surface area is 162 Å². The summed E-state index contributed by atoms with van der Waals surface area (Å²) in [6.45, 7) is 4.15. The third-order valence-corrected chi connectivity index (χ3v) is 4.04. The molecule has 0 aliphatic heterocycles. The number of anilines is 1. The average Bonchev–Trinajstić information content (AvgIpc) is 3.00. The topological polar surface area (TPSA) is 62.6 Å². The number of hydrogen-bond donors (Lipinski definition) is 1. The van der Waals surface area contributed by atoms with Crippen molar-refractivity contribution in [1.29, 1.82) is 0 Å². The molecule has 2 aromatic rings. The Hall–Kier alpha value is -2.24. The molecule has 26 heavy (non-hydrogen) atoms. The van der Waals surface area contributed by atoms with Crippen molar-refractivity contribution >= 4 is 46.8 Å². The van der Waals surface area contributed by atoms with Gasteiger partial charge in [-0.3, -0.25) is 9.59 Å². The van der Waals surface area contributed by atoms with Gasteiger partial charge in [0.05, 0.1) is 10.7 Å². The van der Waals surface area contributed by atoms with Crippen molar-refractivity contribution in [3.05, 3.63) is 58.0 Å². The second-order valence-electron chi connectivity index (χ2n) is 5.71. The molecule has 1 heterocycles. The first-order chi connectivity index (χ1) is 12.4. The summed E-state index contributed by atoms with van der Waals surface area (Å²) in [6, 6.07) is 8.39. The summed E-state index contributed by atoms with van der Waals surface area (Å²) < 4.78 is 5.39. The smallest absolute Gasteiger partial charge is 0.247 e. The summed E-state index contributed by atoms with van der Waals surface area (Å²) in [5.41, 5.74) is 0.451. The monoisotopic (exact) mass is 394 g/mol. The molecule has 0 atom stereocenters. The van der Waals surface area contributed by atoms with Crippen LogP contribution in [-0.4, -0.2) is 29.8 Å². The highest BCUT2D eigenvalue weighted by Gasteiger charge is 2.15. The predicted octanol–water partition coefficient (Wildman–Crippen LogP) is 4.79. The van der Waals surface area contributed by atoms with Crippen molar-refractivity contribution in [3.63, 3.8) is 0 Å². The molecule has 138 valence electrons. The molecule has 2 rings (SSSR count). The number of nitrogens with zero attached hydrogens (tertiary/aromatic N) is 1. The first-order valence-corrected chi connectivity index (χ1v) is 8.93. The van der Waals surface area contributed by atoms with E-state index in [1.807, 2.05) is 19.9 Å². The quantitative estimate of drug-likeness (QED) is 0.686. The maximum absolute atomic E-state index is 12.4. The van der Waals surface area contributed by atoms with Crippen molar-refractivity contribution in [2.45, 2.75) is 20.3 Å². The van der Waals surface area contributed by atoms with Crippen LogP contribution in [0.3, 0.4) is 0 Å². The standard InChI is InChI=1S/C19H20Cl2N2O3/c1-3-10-23(19(25)9-7-15-6-4-13(2)26-15)12-18(24)22-17-8-5-14(20)11-16(17)21/h4-9,11H,3,10,12H2,1-2H3,(H,22,24)/b9-7+. The first-order valence-electron chi connectivity index (χ1n) is 8.17. The third kappa shape index (κ3) is 5.93. The summed E-state index contributed by atoms with van der Waals surface area (Å²) in [5.74, 6) is 0.753. The van der Waals surface area contributed by atoms with E-state index in [2.05, 4.69) is 5.32 Å². The molecule has 1 N–H and O–H groups in total. The van der Waals surface area contributed by atoms with E-state index in [0.29, 0.717) is 28.0 Å². The highest BCUT2D eigenvalue weighted by Crippen LogP contribution is 2.25. The van der Waals surface area contributed by atoms with Crippen LogP contribution < -0.4 is 5.32 Å². The van der Waals surface area contributed by atoms with Gasteiger partial charge in [-0.2, -0.15) is 0 Å². The van der Waals surface area contributed by atoms with Gasteiger partial charge in [0.1, 0.15) is 18.1 Å². The molecule has 2 amide bonds. The molecular formula is C19H20Cl2N2O3. The van der Waals surface area contributed by atoms with Crippen LogP contribution in [0.1, 0.15) is 24.9 Å². The summed E-state index contributed by atoms with van der Waals surface area (Å²) in [6.07, 6.45) is 3.72. The van der Waals surface area contributed by atoms with Gasteiger partial charge in [0.15, 0.2) is 0 Å². The fourth-order valence-electron chi connectivity index (χ4n) is 2.29. The Morgan fingerprint density at radius 2 is 2.00 bits per heavy atom. The summed E-state index contributed by atoms with van der Waals surface area (Å²) >= 11 is 11.9. The van der Waals surface area contributed by atoms with E-state index >= 15 is 0 Å². The fraction of sp³-hybridized carbons (Fsp3) is 0.263. The number of hydrogen-bond acceptors (Lipinski definition) is 3. The van der Waals surface area contributed by atoms with E-state index in [-0.39, 0.29) is 18.4 Å². The fourth-order valence-corrected chi connectivity index (χ4v) is 2.75. The van der Waals surface area contributed by atoms with Gasteiger partial charge in [-0.1, -0.05) is 30.1 Å². The van der Waals surface area contributed by atoms with Crippen LogP contribution in [-0.2, 0) is 9.59 Å². The Morgan fingerprint density at radius 3 is 2.62 bits per heavy atom. The van der Waals surface area contributed by atoms with Crippen LogP contribution in [0.5, 0.6) is 0 Å². The van der Waals surface area contributed by atoms with Gasteiger partial charge in [0.25, 0.3) is 0 Å². The Kier molecular flexibility index (Phi) is 7.30. The molecule has 0 aliphatic carbocycles. The lowest BCUT2D eigenvalue weighted by atomic mass is 10.3. The molecule has 0 saturated carbocycles. The number of carbonyl (C=O) groups is 2. The second kappa shape index (κ2) is 9.46. The van der Waals surface area contributed by atoms with Gasteiger partial charge in [-0.25, -0.2) is 0 Å². The number of aryl methyl sites for hydroxylation is 1. The molecule has 0 unspecified atom stereocenters. The predicted molar refractivity (Wildman–Crippen MR) is 104 cm³/mol. The van der Waals surface area contributed by atoms with Crippen molar-refractivity contribution in [1.82, 2.24) is 4.90 Å². The van der Waals surface area contributed by atoms with Gasteiger partial charge in [-0.05, 0) is 49.8 Å². The van der Waals surface area contributed by atoms with Gasteiger partial charge >= 0.3 is 0 Å². The van der Waals surface area contributed by atoms with Crippen LogP contribution in [0.25, 0.3) is 6.08 Å². The van der Waals surface area contributed by atoms with E-state index in [9.17, 15) is 9.59 Å². The number of rotatable bonds is 7. The zero-order valence-electron chi connectivity index (χ0n) is 14.6. The number of benzene rings is 1. The SMILES string of the molecule is CCCN(CC(=O)Nc1ccc(Cl)cc1Cl)C(=O)/C=C/c1ccc(C)o1. The number of amides is 2. The molecule has 0 spiro atoms. The first kappa shape index (κ1) is 20.1. The van der Waals surface area contributed by atoms with Crippen LogP contribution in [0.2, 0.25) is 10.0 Å². The highest BCUT2D eigenvalue weighted by molar-refractivity contribution is 6.36. The number of nitrogens with one attached hydrogen (secondary N) is 1. The van der Waals surface area contributed by atoms with E-state index < -0.39 is 0 Å². The largest absolute Gasteiger partial charge is 0.462 e. The third-order valence-electron chi connectivity index (χ3n) is 3.50. The Bertz CT molecular complexity index is 815. The summed E-state index contributed by atoms with van der Waals surface area (Å²) in [5, 5.41) is 3.51. The Morgan fingerprint density at radius 1 is 1.23 bits per heavy atom. The zero-order chi connectivity index (χ0) is 19.1. The minimum atomic E-state index is -0.335. The minimum Gasteiger partial charge on any atom is -0.462 e. The summed E-state index contributed by atoms with van der Waals surface area (Å²) in [7, 11) is 0. The normalized spacial score (nSPS) is 10.9. The number of furan rings is 1. The van der Waals surface area contributed by atoms with Crippen molar-refractivity contribution in [2.24, 2.45) is 0 Å². The van der Waals surface area contributed by atoms with Crippen molar-refractivity contribution in [2.75, 3.05) is 18.4 Å². The molecule has 0 saturated heterocycles. The van der Waals surface area contributed by atoms with E-state index in [0.717, 1.165) is 12.2 Å². The molecule has 0 fully saturated rings. The lowest BCUT2D eigenvalue weighted by molar-refractivity contribution is -0.130. The lowest BCUT2D eigenvalue weighted by Crippen LogP contribution is -2.37. The number of halogens is 2. The molecule has 5 nitrogen and oxygen atoms in total. The van der Waals surface area contributed by atoms with Gasteiger partial charge in [0, 0.05) is 17.6 Å². The van der Waals surface area contributed by atoms with E-state index in [1.54, 1.807) is 30.3 Å². The van der Waals surface area contributed by atoms with Gasteiger partial charge in [0.2, 0.25) is 11.8 Å².